The zero-order chi connectivity index (χ0) is 16.3. The van der Waals surface area contributed by atoms with Gasteiger partial charge in [-0.25, -0.2) is 4.79 Å². The van der Waals surface area contributed by atoms with Gasteiger partial charge in [0.2, 0.25) is 0 Å². The number of aromatic nitrogens is 1. The fraction of sp³-hybridized carbons (Fsp3) is 0.750. The molecule has 1 aromatic heterocycles. The number of likely N-dealkylation sites (tertiary alicyclic amines) is 1. The fourth-order valence-electron chi connectivity index (χ4n) is 2.79. The van der Waals surface area contributed by atoms with Crippen LogP contribution < -0.4 is 5.32 Å². The van der Waals surface area contributed by atoms with Gasteiger partial charge in [0.25, 0.3) is 0 Å². The average molecular weight is 308 g/mol. The Morgan fingerprint density at radius 3 is 2.86 bits per heavy atom. The Morgan fingerprint density at radius 1 is 1.55 bits per heavy atom. The number of rotatable bonds is 3. The van der Waals surface area contributed by atoms with Crippen molar-refractivity contribution in [3.05, 3.63) is 11.8 Å². The van der Waals surface area contributed by atoms with E-state index in [2.05, 4.69) is 22.4 Å². The molecule has 1 atom stereocenters. The van der Waals surface area contributed by atoms with Crippen molar-refractivity contribution in [3.63, 3.8) is 0 Å². The minimum Gasteiger partial charge on any atom is -0.359 e. The van der Waals surface area contributed by atoms with Gasteiger partial charge < -0.3 is 14.3 Å². The zero-order valence-electron chi connectivity index (χ0n) is 14.3. The number of urea groups is 1. The van der Waals surface area contributed by atoms with Crippen molar-refractivity contribution < 1.29 is 9.32 Å². The second-order valence-corrected chi connectivity index (χ2v) is 7.41. The first-order valence-corrected chi connectivity index (χ1v) is 7.93. The Morgan fingerprint density at radius 2 is 2.27 bits per heavy atom. The molecule has 6 nitrogen and oxygen atoms in total. The fourth-order valence-corrected chi connectivity index (χ4v) is 2.79. The van der Waals surface area contributed by atoms with Crippen molar-refractivity contribution in [3.8, 4) is 0 Å². The monoisotopic (exact) mass is 308 g/mol. The van der Waals surface area contributed by atoms with Crippen LogP contribution in [0.1, 0.15) is 39.4 Å². The van der Waals surface area contributed by atoms with Gasteiger partial charge in [0, 0.05) is 31.6 Å². The molecule has 1 saturated heterocycles. The van der Waals surface area contributed by atoms with E-state index in [1.165, 1.54) is 12.8 Å². The highest BCUT2D eigenvalue weighted by molar-refractivity contribution is 5.88. The van der Waals surface area contributed by atoms with E-state index in [1.54, 1.807) is 11.0 Å². The summed E-state index contributed by atoms with van der Waals surface area (Å²) in [6.07, 6.45) is 2.38. The maximum absolute atomic E-state index is 12.2. The number of carbonyl (C=O) groups is 1. The predicted molar refractivity (Wildman–Crippen MR) is 87.1 cm³/mol. The van der Waals surface area contributed by atoms with E-state index < -0.39 is 0 Å². The third-order valence-corrected chi connectivity index (χ3v) is 4.09. The minimum absolute atomic E-state index is 0.117. The number of hydrogen-bond donors (Lipinski definition) is 1. The van der Waals surface area contributed by atoms with Crippen molar-refractivity contribution >= 4 is 11.8 Å². The molecule has 1 N–H and O–H groups in total. The van der Waals surface area contributed by atoms with Gasteiger partial charge in [-0.15, -0.1) is 0 Å². The molecule has 1 aliphatic rings. The maximum Gasteiger partial charge on any atom is 0.322 e. The van der Waals surface area contributed by atoms with Crippen LogP contribution in [0.4, 0.5) is 10.6 Å². The second kappa shape index (κ2) is 6.69. The smallest absolute Gasteiger partial charge is 0.322 e. The molecule has 0 spiro atoms. The van der Waals surface area contributed by atoms with Crippen LogP contribution in [0.2, 0.25) is 0 Å². The first-order chi connectivity index (χ1) is 10.3. The molecule has 0 radical (unpaired) electrons. The number of amides is 2. The van der Waals surface area contributed by atoms with Crippen LogP contribution in [0.15, 0.2) is 10.6 Å². The van der Waals surface area contributed by atoms with E-state index >= 15 is 0 Å². The molecule has 1 aliphatic heterocycles. The van der Waals surface area contributed by atoms with E-state index in [1.807, 2.05) is 27.8 Å². The molecule has 2 heterocycles. The number of nitrogens with one attached hydrogen (secondary N) is 1. The average Bonchev–Trinajstić information content (AvgIpc) is 2.87. The van der Waals surface area contributed by atoms with Gasteiger partial charge in [-0.1, -0.05) is 25.9 Å². The molecular formula is C16H28N4O2. The van der Waals surface area contributed by atoms with Gasteiger partial charge in [0.1, 0.15) is 5.76 Å². The van der Waals surface area contributed by atoms with Crippen molar-refractivity contribution in [1.82, 2.24) is 15.0 Å². The highest BCUT2D eigenvalue weighted by atomic mass is 16.5. The lowest BCUT2D eigenvalue weighted by molar-refractivity contribution is 0.169. The van der Waals surface area contributed by atoms with Crippen LogP contribution >= 0.6 is 0 Å². The van der Waals surface area contributed by atoms with Gasteiger partial charge >= 0.3 is 6.03 Å². The minimum atomic E-state index is -0.137. The molecule has 124 valence electrons. The lowest BCUT2D eigenvalue weighted by Crippen LogP contribution is -2.41. The van der Waals surface area contributed by atoms with Gasteiger partial charge in [0.05, 0.1) is 0 Å². The molecule has 2 rings (SSSR count). The van der Waals surface area contributed by atoms with Crippen LogP contribution in [0.25, 0.3) is 0 Å². The Kier molecular flexibility index (Phi) is 5.11. The summed E-state index contributed by atoms with van der Waals surface area (Å²) in [6.45, 7) is 9.11. The highest BCUT2D eigenvalue weighted by Crippen LogP contribution is 2.24. The molecule has 0 unspecified atom stereocenters. The second-order valence-electron chi connectivity index (χ2n) is 7.41. The molecule has 0 aliphatic carbocycles. The van der Waals surface area contributed by atoms with Gasteiger partial charge in [-0.05, 0) is 32.4 Å². The Hall–Kier alpha value is -1.56. The number of anilines is 1. The number of piperidine rings is 1. The largest absolute Gasteiger partial charge is 0.359 e. The lowest BCUT2D eigenvalue weighted by Gasteiger charge is -2.32. The van der Waals surface area contributed by atoms with Crippen molar-refractivity contribution in [1.29, 1.82) is 0 Å². The third kappa shape index (κ3) is 4.47. The van der Waals surface area contributed by atoms with E-state index in [9.17, 15) is 4.79 Å². The zero-order valence-corrected chi connectivity index (χ0v) is 14.3. The Bertz CT molecular complexity index is 506. The molecule has 22 heavy (non-hydrogen) atoms. The molecular weight excluding hydrogens is 280 g/mol. The standard InChI is InChI=1S/C16H28N4O2/c1-16(2,3)13-9-14(18-22-13)17-15(21)20(5)11-12-7-6-8-19(4)10-12/h9,12H,6-8,10-11H2,1-5H3,(H,17,18,21)/t12-/m0/s1. The molecule has 0 bridgehead atoms. The number of hydrogen-bond acceptors (Lipinski definition) is 4. The van der Waals surface area contributed by atoms with Crippen LogP contribution in [0, 0.1) is 5.92 Å². The van der Waals surface area contributed by atoms with E-state index in [0.717, 1.165) is 25.4 Å². The summed E-state index contributed by atoms with van der Waals surface area (Å²) in [5.41, 5.74) is -0.117. The summed E-state index contributed by atoms with van der Waals surface area (Å²) in [7, 11) is 3.96. The molecule has 0 aromatic carbocycles. The maximum atomic E-state index is 12.2. The van der Waals surface area contributed by atoms with E-state index in [0.29, 0.717) is 11.7 Å². The van der Waals surface area contributed by atoms with Crippen molar-refractivity contribution in [2.75, 3.05) is 39.0 Å². The molecule has 0 saturated carbocycles. The number of carbonyl (C=O) groups excluding carboxylic acids is 1. The lowest BCUT2D eigenvalue weighted by atomic mass is 9.93. The molecule has 1 fully saturated rings. The summed E-state index contributed by atoms with van der Waals surface area (Å²) < 4.78 is 5.28. The van der Waals surface area contributed by atoms with Gasteiger partial charge in [-0.2, -0.15) is 0 Å². The normalized spacial score (nSPS) is 20.0. The molecule has 2 amide bonds. The summed E-state index contributed by atoms with van der Waals surface area (Å²) in [6, 6.07) is 1.65. The number of nitrogens with zero attached hydrogens (tertiary/aromatic N) is 3. The Labute approximate surface area is 132 Å². The third-order valence-electron chi connectivity index (χ3n) is 4.09. The first kappa shape index (κ1) is 16.8. The summed E-state index contributed by atoms with van der Waals surface area (Å²) in [4.78, 5) is 16.3. The Balaban J connectivity index is 1.87. The summed E-state index contributed by atoms with van der Waals surface area (Å²) in [5, 5.41) is 6.73. The quantitative estimate of drug-likeness (QED) is 0.932. The van der Waals surface area contributed by atoms with E-state index in [-0.39, 0.29) is 11.4 Å². The SMILES string of the molecule is CN1CCC[C@H](CN(C)C(=O)Nc2cc(C(C)(C)C)on2)C1. The van der Waals surface area contributed by atoms with Crippen molar-refractivity contribution in [2.45, 2.75) is 39.0 Å². The first-order valence-electron chi connectivity index (χ1n) is 7.93. The summed E-state index contributed by atoms with van der Waals surface area (Å²) >= 11 is 0. The highest BCUT2D eigenvalue weighted by Gasteiger charge is 2.23. The van der Waals surface area contributed by atoms with E-state index in [4.69, 9.17) is 4.52 Å². The van der Waals surface area contributed by atoms with Crippen LogP contribution in [0.3, 0.4) is 0 Å². The van der Waals surface area contributed by atoms with Crippen LogP contribution in [-0.2, 0) is 5.41 Å². The van der Waals surface area contributed by atoms with Gasteiger partial charge in [-0.3, -0.25) is 5.32 Å². The topological polar surface area (TPSA) is 61.6 Å². The van der Waals surface area contributed by atoms with Crippen LogP contribution in [-0.4, -0.2) is 54.7 Å². The van der Waals surface area contributed by atoms with Gasteiger partial charge in [0.15, 0.2) is 5.82 Å². The predicted octanol–water partition coefficient (Wildman–Crippen LogP) is 2.78. The molecule has 6 heteroatoms. The molecule has 1 aromatic rings. The van der Waals surface area contributed by atoms with Crippen LogP contribution in [0.5, 0.6) is 0 Å². The summed E-state index contributed by atoms with van der Waals surface area (Å²) in [5.74, 6) is 1.78. The van der Waals surface area contributed by atoms with Crippen molar-refractivity contribution in [2.24, 2.45) is 5.92 Å².